The fourth-order valence-corrected chi connectivity index (χ4v) is 1.42. The summed E-state index contributed by atoms with van der Waals surface area (Å²) in [5.74, 6) is 0.856. The molecule has 1 amide bonds. The van der Waals surface area contributed by atoms with Crippen LogP contribution in [0.4, 0.5) is 5.69 Å². The van der Waals surface area contributed by atoms with Gasteiger partial charge in [0, 0.05) is 25.0 Å². The average Bonchev–Trinajstić information content (AvgIpc) is 2.29. The molecular formula is C12H16BrNO2. The number of carbonyl (C=O) groups excluding carboxylic acids is 1. The Kier molecular flexibility index (Phi) is 5.32. The molecule has 0 radical (unpaired) electrons. The maximum Gasteiger partial charge on any atom is 0.223 e. The van der Waals surface area contributed by atoms with Crippen LogP contribution in [0.3, 0.4) is 0 Å². The minimum absolute atomic E-state index is 0.0213. The third-order valence-corrected chi connectivity index (χ3v) is 2.80. The summed E-state index contributed by atoms with van der Waals surface area (Å²) in [4.78, 5) is 12.7. The molecule has 1 aromatic rings. The normalized spacial score (nSPS) is 9.94. The van der Waals surface area contributed by atoms with Gasteiger partial charge in [0.15, 0.2) is 0 Å². The Bertz CT molecular complexity index is 337. The monoisotopic (exact) mass is 285 g/mol. The zero-order valence-corrected chi connectivity index (χ0v) is 11.2. The Hall–Kier alpha value is -1.03. The van der Waals surface area contributed by atoms with Crippen LogP contribution in [0.25, 0.3) is 0 Å². The molecule has 3 nitrogen and oxygen atoms in total. The lowest BCUT2D eigenvalue weighted by Crippen LogP contribution is -2.22. The van der Waals surface area contributed by atoms with Gasteiger partial charge >= 0.3 is 0 Å². The predicted octanol–water partition coefficient (Wildman–Crippen LogP) is 2.83. The third-order valence-electron chi connectivity index (χ3n) is 2.24. The van der Waals surface area contributed by atoms with Crippen LogP contribution in [-0.2, 0) is 4.79 Å². The molecule has 0 N–H and O–H groups in total. The summed E-state index contributed by atoms with van der Waals surface area (Å²) in [7, 11) is 1.75. The third kappa shape index (κ3) is 3.85. The van der Waals surface area contributed by atoms with Gasteiger partial charge in [0.2, 0.25) is 5.91 Å². The van der Waals surface area contributed by atoms with Crippen LogP contribution in [-0.4, -0.2) is 24.9 Å². The van der Waals surface area contributed by atoms with E-state index in [0.29, 0.717) is 6.61 Å². The number of hydrogen-bond acceptors (Lipinski definition) is 2. The predicted molar refractivity (Wildman–Crippen MR) is 69.4 cm³/mol. The van der Waals surface area contributed by atoms with Crippen molar-refractivity contribution in [1.29, 1.82) is 0 Å². The van der Waals surface area contributed by atoms with E-state index in [1.54, 1.807) is 18.9 Å². The van der Waals surface area contributed by atoms with E-state index >= 15 is 0 Å². The van der Waals surface area contributed by atoms with Gasteiger partial charge in [0.05, 0.1) is 6.61 Å². The van der Waals surface area contributed by atoms with Crippen molar-refractivity contribution < 1.29 is 9.53 Å². The van der Waals surface area contributed by atoms with Gasteiger partial charge in [0.25, 0.3) is 0 Å². The Labute approximate surface area is 105 Å². The smallest absolute Gasteiger partial charge is 0.223 e. The first kappa shape index (κ1) is 13.0. The summed E-state index contributed by atoms with van der Waals surface area (Å²) in [5, 5.41) is 0.943. The molecular weight excluding hydrogens is 270 g/mol. The molecule has 0 saturated carbocycles. The van der Waals surface area contributed by atoms with Crippen molar-refractivity contribution in [3.63, 3.8) is 0 Å². The molecule has 0 aliphatic carbocycles. The van der Waals surface area contributed by atoms with Crippen molar-refractivity contribution in [2.45, 2.75) is 13.3 Å². The maximum atomic E-state index is 11.1. The standard InChI is InChI=1S/C12H16BrNO2/c1-10(15)14(2)11-4-6-12(7-5-11)16-9-3-8-13/h4-7H,3,8-9H2,1-2H3. The van der Waals surface area contributed by atoms with E-state index in [1.165, 1.54) is 0 Å². The van der Waals surface area contributed by atoms with Gasteiger partial charge in [-0.2, -0.15) is 0 Å². The second-order valence-corrected chi connectivity index (χ2v) is 4.26. The number of carbonyl (C=O) groups is 1. The second-order valence-electron chi connectivity index (χ2n) is 3.46. The molecule has 1 rings (SSSR count). The fraction of sp³-hybridized carbons (Fsp3) is 0.417. The topological polar surface area (TPSA) is 29.5 Å². The minimum Gasteiger partial charge on any atom is -0.494 e. The summed E-state index contributed by atoms with van der Waals surface area (Å²) >= 11 is 3.35. The summed E-state index contributed by atoms with van der Waals surface area (Å²) in [5.41, 5.74) is 0.875. The molecule has 0 fully saturated rings. The lowest BCUT2D eigenvalue weighted by molar-refractivity contribution is -0.116. The van der Waals surface area contributed by atoms with Crippen LogP contribution in [0.1, 0.15) is 13.3 Å². The number of alkyl halides is 1. The van der Waals surface area contributed by atoms with E-state index in [-0.39, 0.29) is 5.91 Å². The quantitative estimate of drug-likeness (QED) is 0.615. The molecule has 0 heterocycles. The number of amides is 1. The highest BCUT2D eigenvalue weighted by atomic mass is 79.9. The number of halogens is 1. The molecule has 0 bridgehead atoms. The van der Waals surface area contributed by atoms with Crippen molar-refractivity contribution in [1.82, 2.24) is 0 Å². The van der Waals surface area contributed by atoms with Crippen LogP contribution < -0.4 is 9.64 Å². The largest absolute Gasteiger partial charge is 0.494 e. The zero-order chi connectivity index (χ0) is 12.0. The summed E-state index contributed by atoms with van der Waals surface area (Å²) in [6.07, 6.45) is 0.981. The van der Waals surface area contributed by atoms with Gasteiger partial charge < -0.3 is 9.64 Å². The number of ether oxygens (including phenoxy) is 1. The van der Waals surface area contributed by atoms with E-state index < -0.39 is 0 Å². The van der Waals surface area contributed by atoms with Crippen molar-refractivity contribution >= 4 is 27.5 Å². The van der Waals surface area contributed by atoms with E-state index in [4.69, 9.17) is 4.74 Å². The van der Waals surface area contributed by atoms with E-state index in [2.05, 4.69) is 15.9 Å². The summed E-state index contributed by atoms with van der Waals surface area (Å²) in [6, 6.07) is 7.52. The number of anilines is 1. The number of hydrogen-bond donors (Lipinski definition) is 0. The fourth-order valence-electron chi connectivity index (χ4n) is 1.19. The minimum atomic E-state index is 0.0213. The van der Waals surface area contributed by atoms with Crippen molar-refractivity contribution in [2.24, 2.45) is 0 Å². The zero-order valence-electron chi connectivity index (χ0n) is 9.57. The molecule has 0 aliphatic rings. The van der Waals surface area contributed by atoms with Gasteiger partial charge in [-0.3, -0.25) is 4.79 Å². The highest BCUT2D eigenvalue weighted by molar-refractivity contribution is 9.09. The lowest BCUT2D eigenvalue weighted by Gasteiger charge is -2.15. The van der Waals surface area contributed by atoms with Gasteiger partial charge in [-0.25, -0.2) is 0 Å². The number of benzene rings is 1. The lowest BCUT2D eigenvalue weighted by atomic mass is 10.3. The maximum absolute atomic E-state index is 11.1. The highest BCUT2D eigenvalue weighted by Crippen LogP contribution is 2.18. The molecule has 0 spiro atoms. The molecule has 0 aromatic heterocycles. The van der Waals surface area contributed by atoms with Crippen molar-refractivity contribution in [2.75, 3.05) is 23.9 Å². The van der Waals surface area contributed by atoms with Crippen LogP contribution in [0, 0.1) is 0 Å². The van der Waals surface area contributed by atoms with Crippen molar-refractivity contribution in [3.8, 4) is 5.75 Å². The summed E-state index contributed by atoms with van der Waals surface area (Å²) < 4.78 is 5.51. The Morgan fingerprint density at radius 1 is 1.38 bits per heavy atom. The van der Waals surface area contributed by atoms with Gasteiger partial charge in [-0.15, -0.1) is 0 Å². The first-order valence-electron chi connectivity index (χ1n) is 5.18. The molecule has 0 aliphatic heterocycles. The second kappa shape index (κ2) is 6.53. The van der Waals surface area contributed by atoms with Crippen LogP contribution in [0.2, 0.25) is 0 Å². The molecule has 88 valence electrons. The van der Waals surface area contributed by atoms with Crippen LogP contribution in [0.5, 0.6) is 5.75 Å². The Morgan fingerprint density at radius 2 is 2.00 bits per heavy atom. The van der Waals surface area contributed by atoms with Crippen LogP contribution >= 0.6 is 15.9 Å². The molecule has 4 heteroatoms. The first-order chi connectivity index (χ1) is 7.65. The Morgan fingerprint density at radius 3 is 2.50 bits per heavy atom. The molecule has 0 atom stereocenters. The van der Waals surface area contributed by atoms with Gasteiger partial charge in [0.1, 0.15) is 5.75 Å². The Balaban J connectivity index is 2.57. The SMILES string of the molecule is CC(=O)N(C)c1ccc(OCCCBr)cc1. The molecule has 1 aromatic carbocycles. The van der Waals surface area contributed by atoms with Crippen LogP contribution in [0.15, 0.2) is 24.3 Å². The van der Waals surface area contributed by atoms with Gasteiger partial charge in [-0.05, 0) is 30.7 Å². The van der Waals surface area contributed by atoms with Gasteiger partial charge in [-0.1, -0.05) is 15.9 Å². The van der Waals surface area contributed by atoms with E-state index in [1.807, 2.05) is 24.3 Å². The first-order valence-corrected chi connectivity index (χ1v) is 6.30. The number of nitrogens with zero attached hydrogens (tertiary/aromatic N) is 1. The summed E-state index contributed by atoms with van der Waals surface area (Å²) in [6.45, 7) is 2.24. The molecule has 0 unspecified atom stereocenters. The van der Waals surface area contributed by atoms with E-state index in [0.717, 1.165) is 23.2 Å². The molecule has 0 saturated heterocycles. The van der Waals surface area contributed by atoms with Crippen molar-refractivity contribution in [3.05, 3.63) is 24.3 Å². The highest BCUT2D eigenvalue weighted by Gasteiger charge is 2.04. The average molecular weight is 286 g/mol. The number of rotatable bonds is 5. The van der Waals surface area contributed by atoms with E-state index in [9.17, 15) is 4.79 Å². The molecule has 16 heavy (non-hydrogen) atoms.